The van der Waals surface area contributed by atoms with Gasteiger partial charge in [-0.15, -0.1) is 0 Å². The largest absolute Gasteiger partial charge is 0.493 e. The van der Waals surface area contributed by atoms with Gasteiger partial charge in [0, 0.05) is 43.2 Å². The van der Waals surface area contributed by atoms with Crippen LogP contribution in [0.2, 0.25) is 36.3 Å². The maximum Gasteiger partial charge on any atom is 0.411 e. The first-order valence-corrected chi connectivity index (χ1v) is 31.3. The van der Waals surface area contributed by atoms with Crippen molar-refractivity contribution in [2.45, 2.75) is 128 Å². The Balaban J connectivity index is 1.04. The highest BCUT2D eigenvalue weighted by Crippen LogP contribution is 2.45. The molecular weight excluding hydrogens is 945 g/mol. The molecule has 16 heteroatoms. The summed E-state index contributed by atoms with van der Waals surface area (Å²) in [6, 6.07) is 22.7. The van der Waals surface area contributed by atoms with Crippen LogP contribution in [0, 0.1) is 0 Å². The molecule has 2 atom stereocenters. The molecule has 3 amide bonds. The molecule has 1 aliphatic carbocycles. The molecule has 4 aromatic carbocycles. The quantitative estimate of drug-likeness (QED) is 0.0523. The highest BCUT2D eigenvalue weighted by Gasteiger charge is 2.41. The number of benzene rings is 4. The lowest BCUT2D eigenvalue weighted by atomic mass is 9.98. The van der Waals surface area contributed by atoms with Gasteiger partial charge in [-0.3, -0.25) is 14.9 Å². The molecule has 2 heterocycles. The fraction of sp³-hybridized carbons (Fsp3) is 0.518. The molecule has 0 spiro atoms. The Kier molecular flexibility index (Phi) is 16.8. The van der Waals surface area contributed by atoms with Crippen LogP contribution in [0.3, 0.4) is 0 Å². The normalized spacial score (nSPS) is 17.1. The first-order chi connectivity index (χ1) is 34.0. The van der Waals surface area contributed by atoms with E-state index in [0.29, 0.717) is 67.0 Å². The van der Waals surface area contributed by atoms with Gasteiger partial charge in [-0.25, -0.2) is 4.79 Å². The van der Waals surface area contributed by atoms with Crippen LogP contribution in [0.4, 0.5) is 16.2 Å². The van der Waals surface area contributed by atoms with Crippen LogP contribution in [-0.4, -0.2) is 117 Å². The maximum atomic E-state index is 14.7. The van der Waals surface area contributed by atoms with Crippen LogP contribution in [0.15, 0.2) is 72.8 Å². The number of nitrogens with zero attached hydrogens (tertiary/aromatic N) is 2. The number of nitrogens with one attached hydrogen (secondary N) is 1. The summed E-state index contributed by atoms with van der Waals surface area (Å²) in [6.45, 7) is 24.8. The third kappa shape index (κ3) is 11.9. The van der Waals surface area contributed by atoms with E-state index in [-0.39, 0.29) is 71.0 Å². The van der Waals surface area contributed by atoms with Gasteiger partial charge < -0.3 is 48.1 Å². The zero-order valence-electron chi connectivity index (χ0n) is 44.7. The molecule has 0 radical (unpaired) electrons. The summed E-state index contributed by atoms with van der Waals surface area (Å²) >= 11 is 0. The molecule has 3 N–H and O–H groups in total. The molecule has 72 heavy (non-hydrogen) atoms. The Morgan fingerprint density at radius 1 is 0.639 bits per heavy atom. The summed E-state index contributed by atoms with van der Waals surface area (Å²) in [7, 11) is -1.04. The average molecular weight is 1020 g/mol. The number of carbonyl (C=O) groups excluding carboxylic acids is 3. The van der Waals surface area contributed by atoms with Gasteiger partial charge in [-0.1, -0.05) is 90.1 Å². The molecule has 0 aromatic heterocycles. The third-order valence-corrected chi connectivity index (χ3v) is 24.6. The second-order valence-electron chi connectivity index (χ2n) is 22.4. The van der Waals surface area contributed by atoms with Gasteiger partial charge in [-0.2, -0.15) is 0 Å². The molecule has 390 valence electrons. The van der Waals surface area contributed by atoms with Gasteiger partial charge in [-0.05, 0) is 96.3 Å². The maximum absolute atomic E-state index is 14.7. The van der Waals surface area contributed by atoms with E-state index in [1.54, 1.807) is 24.3 Å². The number of methoxy groups -OCH3 is 2. The minimum absolute atomic E-state index is 0.0168. The topological polar surface area (TPSA) is 160 Å². The molecule has 2 fully saturated rings. The van der Waals surface area contributed by atoms with Gasteiger partial charge in [0.1, 0.15) is 6.61 Å². The third-order valence-electron chi connectivity index (χ3n) is 15.6. The summed E-state index contributed by atoms with van der Waals surface area (Å²) < 4.78 is 43.1. The summed E-state index contributed by atoms with van der Waals surface area (Å²) in [4.78, 5) is 46.2. The Morgan fingerprint density at radius 2 is 1.10 bits per heavy atom. The molecule has 4 aromatic rings. The van der Waals surface area contributed by atoms with E-state index >= 15 is 0 Å². The molecule has 14 nitrogen and oxygen atoms in total. The van der Waals surface area contributed by atoms with E-state index in [2.05, 4.69) is 97.3 Å². The molecule has 0 saturated carbocycles. The summed E-state index contributed by atoms with van der Waals surface area (Å²) in [5, 5.41) is 2.99. The van der Waals surface area contributed by atoms with Crippen LogP contribution >= 0.6 is 0 Å². The van der Waals surface area contributed by atoms with Crippen molar-refractivity contribution >= 4 is 45.9 Å². The number of ether oxygens (including phenoxy) is 5. The lowest BCUT2D eigenvalue weighted by molar-refractivity contribution is 0.0678. The van der Waals surface area contributed by atoms with Crippen molar-refractivity contribution < 1.29 is 46.9 Å². The fourth-order valence-electron chi connectivity index (χ4n) is 9.22. The van der Waals surface area contributed by atoms with E-state index in [4.69, 9.17) is 38.3 Å². The minimum Gasteiger partial charge on any atom is -0.493 e. The first-order valence-electron chi connectivity index (χ1n) is 25.5. The van der Waals surface area contributed by atoms with Crippen molar-refractivity contribution in [1.29, 1.82) is 0 Å². The zero-order chi connectivity index (χ0) is 52.2. The van der Waals surface area contributed by atoms with Crippen LogP contribution < -0.4 is 30.0 Å². The molecule has 2 aliphatic heterocycles. The Morgan fingerprint density at radius 3 is 1.58 bits per heavy atom. The summed E-state index contributed by atoms with van der Waals surface area (Å²) in [5.41, 5.74) is 12.1. The number of fused-ring (bicyclic) bond motifs is 3. The molecule has 0 bridgehead atoms. The van der Waals surface area contributed by atoms with Gasteiger partial charge in [0.25, 0.3) is 11.8 Å². The number of nitrogens with two attached hydrogens (primary N) is 1. The minimum atomic E-state index is -2.09. The van der Waals surface area contributed by atoms with Gasteiger partial charge in [0.05, 0.1) is 69.5 Å². The van der Waals surface area contributed by atoms with E-state index in [1.165, 1.54) is 14.2 Å². The second-order valence-corrected chi connectivity index (χ2v) is 32.0. The lowest BCUT2D eigenvalue weighted by Gasteiger charge is -2.38. The number of rotatable bonds is 19. The van der Waals surface area contributed by atoms with Gasteiger partial charge in [0.2, 0.25) is 0 Å². The lowest BCUT2D eigenvalue weighted by Crippen LogP contribution is -2.46. The van der Waals surface area contributed by atoms with Crippen LogP contribution in [0.5, 0.6) is 23.0 Å². The van der Waals surface area contributed by atoms with Crippen molar-refractivity contribution in [3.8, 4) is 34.1 Å². The highest BCUT2D eigenvalue weighted by molar-refractivity contribution is 6.74. The van der Waals surface area contributed by atoms with Crippen molar-refractivity contribution in [3.05, 3.63) is 95.1 Å². The monoisotopic (exact) mass is 1020 g/mol. The number of hydrogen-bond donors (Lipinski definition) is 2. The predicted molar refractivity (Wildman–Crippen MR) is 289 cm³/mol. The van der Waals surface area contributed by atoms with Crippen molar-refractivity contribution in [1.82, 2.24) is 9.80 Å². The number of amides is 3. The Bertz CT molecular complexity index is 2550. The van der Waals surface area contributed by atoms with Crippen molar-refractivity contribution in [3.63, 3.8) is 0 Å². The van der Waals surface area contributed by atoms with Gasteiger partial charge in [0.15, 0.2) is 39.6 Å². The average Bonchev–Trinajstić information content (AvgIpc) is 4.09. The molecule has 7 rings (SSSR count). The van der Waals surface area contributed by atoms with Crippen LogP contribution in [0.1, 0.15) is 111 Å². The Labute approximate surface area is 429 Å². The van der Waals surface area contributed by atoms with E-state index in [1.807, 2.05) is 34.1 Å². The van der Waals surface area contributed by atoms with E-state index in [0.717, 1.165) is 47.9 Å². The number of hydrogen-bond acceptors (Lipinski definition) is 11. The van der Waals surface area contributed by atoms with E-state index < -0.39 is 22.7 Å². The van der Waals surface area contributed by atoms with Crippen LogP contribution in [-0.2, 0) is 13.6 Å². The first kappa shape index (κ1) is 54.2. The highest BCUT2D eigenvalue weighted by atomic mass is 28.4. The van der Waals surface area contributed by atoms with Crippen LogP contribution in [0.25, 0.3) is 11.1 Å². The Hall–Kier alpha value is -5.56. The van der Waals surface area contributed by atoms with Crippen molar-refractivity contribution in [2.24, 2.45) is 0 Å². The number of carbonyl (C=O) groups is 3. The predicted octanol–water partition coefficient (Wildman–Crippen LogP) is 11.7. The fourth-order valence-corrected chi connectivity index (χ4v) is 11.3. The SMILES string of the molecule is COc1cc(C(=O)N2CCC[C@H]2CO[Si](C)(C)C(C)(C)C)c(N)cc1OCCCOc1cc(NC(=O)OCC2c3ccccc3-c3ccccc32)c(C(=O)N2CCC[C@H]2CO[Si](C)(C)C(C)(C)C)cc1OC. The molecular formula is C56H78N4O10Si2. The molecule has 0 unspecified atom stereocenters. The number of anilines is 2. The van der Waals surface area contributed by atoms with E-state index in [9.17, 15) is 14.4 Å². The number of likely N-dealkylation sites (tertiary alicyclic amines) is 2. The zero-order valence-corrected chi connectivity index (χ0v) is 46.7. The smallest absolute Gasteiger partial charge is 0.411 e. The number of nitrogen functional groups attached to an aromatic ring is 1. The molecule has 3 aliphatic rings. The summed E-state index contributed by atoms with van der Waals surface area (Å²) in [5.74, 6) is 0.881. The summed E-state index contributed by atoms with van der Waals surface area (Å²) in [6.07, 6.45) is 3.14. The van der Waals surface area contributed by atoms with Gasteiger partial charge >= 0.3 is 6.09 Å². The molecule has 2 saturated heterocycles. The van der Waals surface area contributed by atoms with Crippen molar-refractivity contribution in [2.75, 3.05) is 71.4 Å². The standard InChI is InChI=1S/C56H78N4O10Si2/c1-55(2,3)71(9,10)69-34-37-20-17-26-59(37)52(61)43-30-48(64-7)50(32-46(43)57)66-28-19-29-67-51-33-47(58-54(63)68-36-45-41-24-15-13-22-39(41)40-23-14-16-25-42(40)45)44(31-49(51)65-8)53(62)60-27-18-21-38(60)35-70-72(11,12)56(4,5)6/h13-16,22-25,30-33,37-38,45H,17-21,26-29,34-36,57H2,1-12H3,(H,58,63)/t37-,38-/m0/s1. The second kappa shape index (κ2) is 22.3.